The molecule has 21 heavy (non-hydrogen) atoms. The van der Waals surface area contributed by atoms with Crippen molar-refractivity contribution in [3.05, 3.63) is 40.0 Å². The molecule has 0 fully saturated rings. The van der Waals surface area contributed by atoms with Gasteiger partial charge in [0.25, 0.3) is 0 Å². The lowest BCUT2D eigenvalue weighted by Gasteiger charge is -2.23. The van der Waals surface area contributed by atoms with Crippen molar-refractivity contribution in [2.24, 2.45) is 0 Å². The molecule has 0 radical (unpaired) electrons. The predicted octanol–water partition coefficient (Wildman–Crippen LogP) is 2.75. The van der Waals surface area contributed by atoms with Crippen LogP contribution in [0.3, 0.4) is 0 Å². The summed E-state index contributed by atoms with van der Waals surface area (Å²) in [6, 6.07) is 5.25. The van der Waals surface area contributed by atoms with Crippen LogP contribution in [0.5, 0.6) is 0 Å². The number of aryl methyl sites for hydroxylation is 1. The fraction of sp³-hybridized carbons (Fsp3) is 0.429. The normalized spacial score (nSPS) is 13.8. The molecule has 0 bridgehead atoms. The van der Waals surface area contributed by atoms with Crippen molar-refractivity contribution in [1.82, 2.24) is 9.62 Å². The maximum Gasteiger partial charge on any atom is 0.246 e. The minimum Gasteiger partial charge on any atom is -0.464 e. The van der Waals surface area contributed by atoms with E-state index in [0.29, 0.717) is 18.1 Å². The van der Waals surface area contributed by atoms with Crippen molar-refractivity contribution in [3.63, 3.8) is 0 Å². The first-order valence-corrected chi connectivity index (χ1v) is 8.95. The fourth-order valence-corrected chi connectivity index (χ4v) is 4.53. The van der Waals surface area contributed by atoms with Gasteiger partial charge in [-0.2, -0.15) is 4.31 Å². The van der Waals surface area contributed by atoms with Crippen LogP contribution in [0.15, 0.2) is 32.9 Å². The van der Waals surface area contributed by atoms with Gasteiger partial charge in [-0.3, -0.25) is 0 Å². The Morgan fingerprint density at radius 3 is 2.76 bits per heavy atom. The molecular formula is C14H20N2O3S2. The Morgan fingerprint density at radius 2 is 2.19 bits per heavy atom. The van der Waals surface area contributed by atoms with Crippen LogP contribution in [-0.4, -0.2) is 26.8 Å². The summed E-state index contributed by atoms with van der Waals surface area (Å²) in [6.07, 6.45) is 0. The first-order chi connectivity index (χ1) is 9.87. The molecule has 0 saturated carbocycles. The summed E-state index contributed by atoms with van der Waals surface area (Å²) in [5.41, 5.74) is 0. The Kier molecular flexibility index (Phi) is 4.88. The van der Waals surface area contributed by atoms with E-state index in [4.69, 9.17) is 4.42 Å². The minimum atomic E-state index is -3.57. The third-order valence-corrected chi connectivity index (χ3v) is 6.51. The van der Waals surface area contributed by atoms with Crippen molar-refractivity contribution in [2.75, 3.05) is 14.1 Å². The number of nitrogens with one attached hydrogen (secondary N) is 1. The molecule has 1 N–H and O–H groups in total. The highest BCUT2D eigenvalue weighted by atomic mass is 32.2. The van der Waals surface area contributed by atoms with E-state index < -0.39 is 10.0 Å². The van der Waals surface area contributed by atoms with Gasteiger partial charge in [0, 0.05) is 18.0 Å². The lowest BCUT2D eigenvalue weighted by molar-refractivity contribution is 0.400. The summed E-state index contributed by atoms with van der Waals surface area (Å²) < 4.78 is 32.4. The third kappa shape index (κ3) is 3.21. The van der Waals surface area contributed by atoms with E-state index in [0.717, 1.165) is 4.88 Å². The Bertz CT molecular complexity index is 690. The highest BCUT2D eigenvalue weighted by molar-refractivity contribution is 7.89. The molecule has 2 heterocycles. The molecule has 2 rings (SSSR count). The first-order valence-electron chi connectivity index (χ1n) is 6.63. The van der Waals surface area contributed by atoms with Gasteiger partial charge in [0.1, 0.15) is 16.4 Å². The van der Waals surface area contributed by atoms with Crippen LogP contribution in [0.4, 0.5) is 0 Å². The molecule has 2 aromatic heterocycles. The maximum absolute atomic E-state index is 12.8. The standard InChI is InChI=1S/C14H20N2O3S2/c1-10(13-6-5-7-20-13)16(4)21(17,18)14-8-12(9-15-3)19-11(14)2/h5-8,10,15H,9H2,1-4H3. The molecular weight excluding hydrogens is 308 g/mol. The lowest BCUT2D eigenvalue weighted by atomic mass is 10.3. The first kappa shape index (κ1) is 16.2. The average molecular weight is 328 g/mol. The Hall–Kier alpha value is -1.15. The van der Waals surface area contributed by atoms with E-state index >= 15 is 0 Å². The molecule has 0 saturated heterocycles. The second kappa shape index (κ2) is 6.31. The Morgan fingerprint density at radius 1 is 1.48 bits per heavy atom. The van der Waals surface area contributed by atoms with Crippen LogP contribution in [0.1, 0.15) is 29.4 Å². The largest absolute Gasteiger partial charge is 0.464 e. The lowest BCUT2D eigenvalue weighted by Crippen LogP contribution is -2.29. The highest BCUT2D eigenvalue weighted by Gasteiger charge is 2.30. The second-order valence-electron chi connectivity index (χ2n) is 4.88. The predicted molar refractivity (Wildman–Crippen MR) is 83.9 cm³/mol. The van der Waals surface area contributed by atoms with Crippen molar-refractivity contribution < 1.29 is 12.8 Å². The van der Waals surface area contributed by atoms with E-state index in [2.05, 4.69) is 5.32 Å². The number of rotatable bonds is 6. The monoisotopic (exact) mass is 328 g/mol. The quantitative estimate of drug-likeness (QED) is 0.886. The van der Waals surface area contributed by atoms with Gasteiger partial charge in [-0.25, -0.2) is 8.42 Å². The zero-order valence-corrected chi connectivity index (χ0v) is 14.2. The molecule has 0 amide bonds. The van der Waals surface area contributed by atoms with Gasteiger partial charge >= 0.3 is 0 Å². The smallest absolute Gasteiger partial charge is 0.246 e. The van der Waals surface area contributed by atoms with E-state index in [9.17, 15) is 8.42 Å². The van der Waals surface area contributed by atoms with E-state index in [1.54, 1.807) is 38.4 Å². The number of furan rings is 1. The van der Waals surface area contributed by atoms with Gasteiger partial charge in [-0.15, -0.1) is 11.3 Å². The molecule has 2 aromatic rings. The van der Waals surface area contributed by atoms with Crippen molar-refractivity contribution in [3.8, 4) is 0 Å². The Labute approximate surface area is 129 Å². The van der Waals surface area contributed by atoms with E-state index in [1.807, 2.05) is 24.4 Å². The second-order valence-corrected chi connectivity index (χ2v) is 7.82. The van der Waals surface area contributed by atoms with Gasteiger partial charge in [0.15, 0.2) is 0 Å². The highest BCUT2D eigenvalue weighted by Crippen LogP contribution is 2.30. The summed E-state index contributed by atoms with van der Waals surface area (Å²) >= 11 is 1.55. The number of thiophene rings is 1. The Balaban J connectivity index is 2.33. The van der Waals surface area contributed by atoms with Gasteiger partial charge in [0.2, 0.25) is 10.0 Å². The molecule has 5 nitrogen and oxygen atoms in total. The molecule has 116 valence electrons. The fourth-order valence-electron chi connectivity index (χ4n) is 2.11. The third-order valence-electron chi connectivity index (χ3n) is 3.43. The topological polar surface area (TPSA) is 62.6 Å². The van der Waals surface area contributed by atoms with Gasteiger partial charge in [-0.05, 0) is 32.3 Å². The number of sulfonamides is 1. The summed E-state index contributed by atoms with van der Waals surface area (Å²) in [4.78, 5) is 1.25. The van der Waals surface area contributed by atoms with Gasteiger partial charge < -0.3 is 9.73 Å². The van der Waals surface area contributed by atoms with Crippen molar-refractivity contribution >= 4 is 21.4 Å². The number of nitrogens with zero attached hydrogens (tertiary/aromatic N) is 1. The average Bonchev–Trinajstić information content (AvgIpc) is 3.07. The van der Waals surface area contributed by atoms with Crippen LogP contribution in [-0.2, 0) is 16.6 Å². The van der Waals surface area contributed by atoms with Crippen LogP contribution in [0.25, 0.3) is 0 Å². The van der Waals surface area contributed by atoms with Gasteiger partial charge in [-0.1, -0.05) is 6.07 Å². The summed E-state index contributed by atoms with van der Waals surface area (Å²) in [5, 5.41) is 4.89. The van der Waals surface area contributed by atoms with Gasteiger partial charge in [0.05, 0.1) is 12.6 Å². The number of hydrogen-bond donors (Lipinski definition) is 1. The summed E-state index contributed by atoms with van der Waals surface area (Å²) in [7, 11) is -0.184. The number of hydrogen-bond acceptors (Lipinski definition) is 5. The molecule has 1 unspecified atom stereocenters. The molecule has 1 atom stereocenters. The zero-order valence-electron chi connectivity index (χ0n) is 12.6. The molecule has 7 heteroatoms. The van der Waals surface area contributed by atoms with Crippen LogP contribution in [0, 0.1) is 6.92 Å². The SMILES string of the molecule is CNCc1cc(S(=O)(=O)N(C)C(C)c2cccs2)c(C)o1. The summed E-state index contributed by atoms with van der Waals surface area (Å²) in [6.45, 7) is 4.06. The molecule has 0 aliphatic heterocycles. The van der Waals surface area contributed by atoms with E-state index in [-0.39, 0.29) is 10.9 Å². The minimum absolute atomic E-state index is 0.211. The molecule has 0 aliphatic rings. The maximum atomic E-state index is 12.8. The molecule has 0 spiro atoms. The van der Waals surface area contributed by atoms with Crippen molar-refractivity contribution in [2.45, 2.75) is 31.3 Å². The molecule has 0 aromatic carbocycles. The van der Waals surface area contributed by atoms with Crippen molar-refractivity contribution in [1.29, 1.82) is 0 Å². The van der Waals surface area contributed by atoms with E-state index in [1.165, 1.54) is 4.31 Å². The van der Waals surface area contributed by atoms with Crippen LogP contribution in [0.2, 0.25) is 0 Å². The van der Waals surface area contributed by atoms with Crippen LogP contribution >= 0.6 is 11.3 Å². The van der Waals surface area contributed by atoms with Crippen LogP contribution < -0.4 is 5.32 Å². The zero-order chi connectivity index (χ0) is 15.6. The molecule has 0 aliphatic carbocycles. The summed E-state index contributed by atoms with van der Waals surface area (Å²) in [5.74, 6) is 1.04.